The summed E-state index contributed by atoms with van der Waals surface area (Å²) in [5.41, 5.74) is 0.461. The van der Waals surface area contributed by atoms with Gasteiger partial charge in [0, 0.05) is 18.8 Å². The van der Waals surface area contributed by atoms with Gasteiger partial charge < -0.3 is 14.6 Å². The van der Waals surface area contributed by atoms with E-state index in [1.165, 1.54) is 4.57 Å². The number of aliphatic carboxylic acids is 1. The molecule has 5 nitrogen and oxygen atoms in total. The first-order valence-electron chi connectivity index (χ1n) is 6.67. The molecule has 1 fully saturated rings. The molecule has 1 N–H and O–H groups in total. The summed E-state index contributed by atoms with van der Waals surface area (Å²) in [4.78, 5) is 25.2. The van der Waals surface area contributed by atoms with Crippen LogP contribution >= 0.6 is 0 Å². The Hall–Kier alpha value is -1.78. The van der Waals surface area contributed by atoms with Gasteiger partial charge >= 0.3 is 5.97 Å². The highest BCUT2D eigenvalue weighted by molar-refractivity contribution is 5.93. The van der Waals surface area contributed by atoms with Crippen LogP contribution in [0.15, 0.2) is 18.3 Å². The van der Waals surface area contributed by atoms with Crippen molar-refractivity contribution in [2.24, 2.45) is 5.92 Å². The zero-order valence-electron chi connectivity index (χ0n) is 11.4. The van der Waals surface area contributed by atoms with Crippen LogP contribution in [-0.2, 0) is 11.3 Å². The largest absolute Gasteiger partial charge is 0.480 e. The molecule has 0 aliphatic carbocycles. The molecule has 104 valence electrons. The Labute approximate surface area is 112 Å². The second-order valence-corrected chi connectivity index (χ2v) is 5.40. The van der Waals surface area contributed by atoms with Crippen LogP contribution in [0.4, 0.5) is 0 Å². The molecule has 1 aliphatic rings. The van der Waals surface area contributed by atoms with Crippen molar-refractivity contribution in [1.82, 2.24) is 9.47 Å². The van der Waals surface area contributed by atoms with Crippen LogP contribution in [0.1, 0.15) is 37.2 Å². The first kappa shape index (κ1) is 13.6. The van der Waals surface area contributed by atoms with Gasteiger partial charge in [-0.05, 0) is 37.8 Å². The van der Waals surface area contributed by atoms with Gasteiger partial charge in [0.2, 0.25) is 0 Å². The molecule has 2 unspecified atom stereocenters. The average Bonchev–Trinajstić information content (AvgIpc) is 2.78. The highest BCUT2D eigenvalue weighted by Gasteiger charge is 2.29. The number of hydrogen-bond donors (Lipinski definition) is 1. The molecule has 0 aromatic carbocycles. The summed E-state index contributed by atoms with van der Waals surface area (Å²) in [6, 6.07) is 3.63. The van der Waals surface area contributed by atoms with Gasteiger partial charge in [-0.15, -0.1) is 0 Å². The Kier molecular flexibility index (Phi) is 3.93. The average molecular weight is 264 g/mol. The minimum Gasteiger partial charge on any atom is -0.480 e. The van der Waals surface area contributed by atoms with E-state index in [2.05, 4.69) is 6.92 Å². The van der Waals surface area contributed by atoms with Gasteiger partial charge in [-0.25, -0.2) is 0 Å². The van der Waals surface area contributed by atoms with Crippen LogP contribution < -0.4 is 0 Å². The van der Waals surface area contributed by atoms with E-state index in [-0.39, 0.29) is 18.5 Å². The van der Waals surface area contributed by atoms with Crippen molar-refractivity contribution in [2.45, 2.75) is 39.3 Å². The molecule has 2 rings (SSSR count). The number of aromatic nitrogens is 1. The molecular formula is C14H20N2O3. The van der Waals surface area contributed by atoms with Crippen LogP contribution in [0.25, 0.3) is 0 Å². The number of carbonyl (C=O) groups excluding carboxylic acids is 1. The van der Waals surface area contributed by atoms with Crippen LogP contribution in [0, 0.1) is 5.92 Å². The zero-order chi connectivity index (χ0) is 14.0. The monoisotopic (exact) mass is 264 g/mol. The maximum absolute atomic E-state index is 12.5. The van der Waals surface area contributed by atoms with E-state index in [1.807, 2.05) is 11.8 Å². The summed E-state index contributed by atoms with van der Waals surface area (Å²) in [7, 11) is 0. The molecular weight excluding hydrogens is 244 g/mol. The molecule has 0 bridgehead atoms. The fourth-order valence-electron chi connectivity index (χ4n) is 2.61. The number of amides is 1. The fourth-order valence-corrected chi connectivity index (χ4v) is 2.61. The zero-order valence-corrected chi connectivity index (χ0v) is 11.4. The smallest absolute Gasteiger partial charge is 0.323 e. The molecule has 2 heterocycles. The van der Waals surface area contributed by atoms with E-state index >= 15 is 0 Å². The Bertz CT molecular complexity index is 481. The third-order valence-electron chi connectivity index (χ3n) is 3.73. The molecule has 1 saturated heterocycles. The van der Waals surface area contributed by atoms with E-state index in [9.17, 15) is 9.59 Å². The molecule has 2 atom stereocenters. The van der Waals surface area contributed by atoms with Crippen molar-refractivity contribution in [3.63, 3.8) is 0 Å². The number of nitrogens with zero attached hydrogens (tertiary/aromatic N) is 2. The Morgan fingerprint density at radius 1 is 1.37 bits per heavy atom. The molecule has 0 saturated carbocycles. The summed E-state index contributed by atoms with van der Waals surface area (Å²) in [5, 5.41) is 8.85. The van der Waals surface area contributed by atoms with Crippen LogP contribution in [-0.4, -0.2) is 39.0 Å². The van der Waals surface area contributed by atoms with Gasteiger partial charge in [-0.1, -0.05) is 6.92 Å². The van der Waals surface area contributed by atoms with Gasteiger partial charge in [0.1, 0.15) is 12.2 Å². The standard InChI is InChI=1S/C14H20N2O3/c1-10-5-6-11(2)16(8-10)14(19)12-4-3-7-15(12)9-13(17)18/h3-4,7,10-11H,5-6,8-9H2,1-2H3,(H,17,18). The molecule has 5 heteroatoms. The van der Waals surface area contributed by atoms with Crippen molar-refractivity contribution in [2.75, 3.05) is 6.54 Å². The predicted molar refractivity (Wildman–Crippen MR) is 71.0 cm³/mol. The van der Waals surface area contributed by atoms with Gasteiger partial charge in [-0.3, -0.25) is 9.59 Å². The SMILES string of the molecule is CC1CCC(C)N(C(=O)c2cccn2CC(=O)O)C1. The van der Waals surface area contributed by atoms with E-state index in [1.54, 1.807) is 18.3 Å². The van der Waals surface area contributed by atoms with Crippen molar-refractivity contribution in [3.8, 4) is 0 Å². The predicted octanol–water partition coefficient (Wildman–Crippen LogP) is 1.83. The lowest BCUT2D eigenvalue weighted by atomic mass is 9.95. The molecule has 0 radical (unpaired) electrons. The van der Waals surface area contributed by atoms with Crippen molar-refractivity contribution < 1.29 is 14.7 Å². The number of carboxylic acids is 1. The molecule has 1 aromatic rings. The minimum atomic E-state index is -0.940. The fraction of sp³-hybridized carbons (Fsp3) is 0.571. The lowest BCUT2D eigenvalue weighted by Gasteiger charge is -2.36. The van der Waals surface area contributed by atoms with Crippen LogP contribution in [0.3, 0.4) is 0 Å². The van der Waals surface area contributed by atoms with Gasteiger partial charge in [0.05, 0.1) is 0 Å². The summed E-state index contributed by atoms with van der Waals surface area (Å²) < 4.78 is 1.50. The van der Waals surface area contributed by atoms with E-state index in [4.69, 9.17) is 5.11 Å². The topological polar surface area (TPSA) is 62.5 Å². The van der Waals surface area contributed by atoms with Crippen molar-refractivity contribution in [1.29, 1.82) is 0 Å². The summed E-state index contributed by atoms with van der Waals surface area (Å²) in [6.45, 7) is 4.76. The highest BCUT2D eigenvalue weighted by atomic mass is 16.4. The van der Waals surface area contributed by atoms with Crippen molar-refractivity contribution >= 4 is 11.9 Å². The maximum Gasteiger partial charge on any atom is 0.323 e. The van der Waals surface area contributed by atoms with E-state index in [0.29, 0.717) is 11.6 Å². The second kappa shape index (κ2) is 5.47. The minimum absolute atomic E-state index is 0.0645. The summed E-state index contributed by atoms with van der Waals surface area (Å²) in [5.74, 6) is -0.501. The van der Waals surface area contributed by atoms with Gasteiger partial charge in [-0.2, -0.15) is 0 Å². The first-order valence-corrected chi connectivity index (χ1v) is 6.67. The maximum atomic E-state index is 12.5. The van der Waals surface area contributed by atoms with Gasteiger partial charge in [0.15, 0.2) is 0 Å². The highest BCUT2D eigenvalue weighted by Crippen LogP contribution is 2.23. The number of piperidine rings is 1. The van der Waals surface area contributed by atoms with Crippen molar-refractivity contribution in [3.05, 3.63) is 24.0 Å². The lowest BCUT2D eigenvalue weighted by molar-refractivity contribution is -0.137. The Balaban J connectivity index is 2.19. The van der Waals surface area contributed by atoms with Crippen LogP contribution in [0.5, 0.6) is 0 Å². The Morgan fingerprint density at radius 3 is 2.79 bits per heavy atom. The first-order chi connectivity index (χ1) is 8.99. The summed E-state index contributed by atoms with van der Waals surface area (Å²) >= 11 is 0. The quantitative estimate of drug-likeness (QED) is 0.906. The number of carbonyl (C=O) groups is 2. The van der Waals surface area contributed by atoms with E-state index in [0.717, 1.165) is 19.4 Å². The number of rotatable bonds is 3. The summed E-state index contributed by atoms with van der Waals surface area (Å²) in [6.07, 6.45) is 3.78. The number of hydrogen-bond acceptors (Lipinski definition) is 2. The molecule has 0 spiro atoms. The molecule has 1 amide bonds. The number of carboxylic acid groups (broad SMARTS) is 1. The molecule has 1 aliphatic heterocycles. The Morgan fingerprint density at radius 2 is 2.11 bits per heavy atom. The third-order valence-corrected chi connectivity index (χ3v) is 3.73. The lowest BCUT2D eigenvalue weighted by Crippen LogP contribution is -2.45. The molecule has 19 heavy (non-hydrogen) atoms. The third kappa shape index (κ3) is 2.97. The van der Waals surface area contributed by atoms with E-state index < -0.39 is 5.97 Å². The normalized spacial score (nSPS) is 23.4. The second-order valence-electron chi connectivity index (χ2n) is 5.40. The molecule has 1 aromatic heterocycles. The van der Waals surface area contributed by atoms with Gasteiger partial charge in [0.25, 0.3) is 5.91 Å². The van der Waals surface area contributed by atoms with Crippen LogP contribution in [0.2, 0.25) is 0 Å². The number of likely N-dealkylation sites (tertiary alicyclic amines) is 1.